The Bertz CT molecular complexity index is 360. The van der Waals surface area contributed by atoms with Crippen molar-refractivity contribution in [2.45, 2.75) is 39.8 Å². The number of hydrogen-bond acceptors (Lipinski definition) is 3. The molecule has 90 valence electrons. The van der Waals surface area contributed by atoms with E-state index in [1.807, 2.05) is 24.6 Å². The molecule has 1 atom stereocenters. The first kappa shape index (κ1) is 12.7. The minimum Gasteiger partial charge on any atom is -0.394 e. The maximum atomic E-state index is 11.4. The highest BCUT2D eigenvalue weighted by Crippen LogP contribution is 2.02. The van der Waals surface area contributed by atoms with Crippen LogP contribution in [0.1, 0.15) is 24.7 Å². The van der Waals surface area contributed by atoms with Gasteiger partial charge < -0.3 is 10.4 Å². The highest BCUT2D eigenvalue weighted by Gasteiger charge is 2.07. The number of amides is 1. The van der Waals surface area contributed by atoms with Gasteiger partial charge in [0.1, 0.15) is 0 Å². The lowest BCUT2D eigenvalue weighted by Gasteiger charge is -2.10. The van der Waals surface area contributed by atoms with Crippen LogP contribution in [0.2, 0.25) is 0 Å². The Morgan fingerprint density at radius 2 is 2.31 bits per heavy atom. The molecule has 0 spiro atoms. The average molecular weight is 225 g/mol. The minimum atomic E-state index is -0.187. The molecule has 2 N–H and O–H groups in total. The maximum absolute atomic E-state index is 11.4. The van der Waals surface area contributed by atoms with Crippen molar-refractivity contribution in [1.82, 2.24) is 15.1 Å². The van der Waals surface area contributed by atoms with Crippen LogP contribution in [0.5, 0.6) is 0 Å². The van der Waals surface area contributed by atoms with Gasteiger partial charge in [-0.2, -0.15) is 5.10 Å². The molecule has 0 aliphatic heterocycles. The van der Waals surface area contributed by atoms with Crippen LogP contribution in [-0.4, -0.2) is 33.4 Å². The Morgan fingerprint density at radius 3 is 2.81 bits per heavy atom. The SMILES string of the molecule is Cc1cc(C)n(CCC(=O)N[C@H](C)CO)n1. The van der Waals surface area contributed by atoms with Gasteiger partial charge in [0.2, 0.25) is 5.91 Å². The van der Waals surface area contributed by atoms with Crippen molar-refractivity contribution in [3.63, 3.8) is 0 Å². The van der Waals surface area contributed by atoms with Crippen LogP contribution in [0.4, 0.5) is 0 Å². The molecule has 16 heavy (non-hydrogen) atoms. The molecule has 0 aromatic carbocycles. The van der Waals surface area contributed by atoms with Gasteiger partial charge in [-0.15, -0.1) is 0 Å². The van der Waals surface area contributed by atoms with Crippen LogP contribution in [0.15, 0.2) is 6.07 Å². The van der Waals surface area contributed by atoms with Gasteiger partial charge in [-0.1, -0.05) is 0 Å². The number of nitrogens with zero attached hydrogens (tertiary/aromatic N) is 2. The van der Waals surface area contributed by atoms with Crippen molar-refractivity contribution in [1.29, 1.82) is 0 Å². The number of aliphatic hydroxyl groups excluding tert-OH is 1. The lowest BCUT2D eigenvalue weighted by molar-refractivity contribution is -0.122. The quantitative estimate of drug-likeness (QED) is 0.761. The molecule has 0 saturated heterocycles. The van der Waals surface area contributed by atoms with E-state index in [1.165, 1.54) is 0 Å². The van der Waals surface area contributed by atoms with E-state index in [0.29, 0.717) is 13.0 Å². The smallest absolute Gasteiger partial charge is 0.222 e. The van der Waals surface area contributed by atoms with E-state index in [4.69, 9.17) is 5.11 Å². The van der Waals surface area contributed by atoms with Gasteiger partial charge in [0, 0.05) is 24.7 Å². The predicted octanol–water partition coefficient (Wildman–Crippen LogP) is 0.387. The summed E-state index contributed by atoms with van der Waals surface area (Å²) in [5, 5.41) is 15.7. The Balaban J connectivity index is 2.40. The number of aryl methyl sites for hydroxylation is 3. The summed E-state index contributed by atoms with van der Waals surface area (Å²) in [6, 6.07) is 1.79. The van der Waals surface area contributed by atoms with Crippen molar-refractivity contribution in [3.8, 4) is 0 Å². The summed E-state index contributed by atoms with van der Waals surface area (Å²) in [5.41, 5.74) is 2.02. The number of carbonyl (C=O) groups excluding carboxylic acids is 1. The largest absolute Gasteiger partial charge is 0.394 e. The summed E-state index contributed by atoms with van der Waals surface area (Å²) in [7, 11) is 0. The second kappa shape index (κ2) is 5.65. The van der Waals surface area contributed by atoms with Gasteiger partial charge in [0.05, 0.1) is 12.3 Å². The van der Waals surface area contributed by atoms with Crippen molar-refractivity contribution < 1.29 is 9.90 Å². The summed E-state index contributed by atoms with van der Waals surface area (Å²) < 4.78 is 1.82. The van der Waals surface area contributed by atoms with Crippen LogP contribution in [0.3, 0.4) is 0 Å². The Kier molecular flexibility index (Phi) is 4.49. The van der Waals surface area contributed by atoms with Crippen molar-refractivity contribution in [2.75, 3.05) is 6.61 Å². The first-order valence-corrected chi connectivity index (χ1v) is 5.44. The first-order chi connectivity index (χ1) is 7.52. The van der Waals surface area contributed by atoms with E-state index in [2.05, 4.69) is 10.4 Å². The van der Waals surface area contributed by atoms with Crippen molar-refractivity contribution >= 4 is 5.91 Å². The number of hydrogen-bond donors (Lipinski definition) is 2. The fourth-order valence-corrected chi connectivity index (χ4v) is 1.50. The molecule has 5 heteroatoms. The minimum absolute atomic E-state index is 0.0361. The second-order valence-electron chi connectivity index (χ2n) is 4.05. The zero-order chi connectivity index (χ0) is 12.1. The average Bonchev–Trinajstić information content (AvgIpc) is 2.54. The topological polar surface area (TPSA) is 67.2 Å². The summed E-state index contributed by atoms with van der Waals surface area (Å²) in [6.45, 7) is 6.20. The molecule has 1 aromatic heterocycles. The first-order valence-electron chi connectivity index (χ1n) is 5.44. The lowest BCUT2D eigenvalue weighted by Crippen LogP contribution is -2.35. The van der Waals surface area contributed by atoms with Crippen molar-refractivity contribution in [3.05, 3.63) is 17.5 Å². The van der Waals surface area contributed by atoms with Gasteiger partial charge in [-0.3, -0.25) is 9.48 Å². The van der Waals surface area contributed by atoms with Crippen LogP contribution in [-0.2, 0) is 11.3 Å². The third-order valence-corrected chi connectivity index (χ3v) is 2.34. The molecule has 1 rings (SSSR count). The Hall–Kier alpha value is -1.36. The molecule has 0 bridgehead atoms. The van der Waals surface area contributed by atoms with E-state index in [1.54, 1.807) is 6.92 Å². The summed E-state index contributed by atoms with van der Waals surface area (Å²) >= 11 is 0. The fraction of sp³-hybridized carbons (Fsp3) is 0.636. The van der Waals surface area contributed by atoms with Crippen LogP contribution in [0, 0.1) is 13.8 Å². The third-order valence-electron chi connectivity index (χ3n) is 2.34. The Morgan fingerprint density at radius 1 is 1.62 bits per heavy atom. The monoisotopic (exact) mass is 225 g/mol. The standard InChI is InChI=1S/C11H19N3O2/c1-8-6-10(3)14(13-8)5-4-11(16)12-9(2)7-15/h6,9,15H,4-5,7H2,1-3H3,(H,12,16)/t9-/m1/s1. The summed E-state index contributed by atoms with van der Waals surface area (Å²) in [6.07, 6.45) is 0.381. The fourth-order valence-electron chi connectivity index (χ4n) is 1.50. The molecule has 0 aliphatic carbocycles. The highest BCUT2D eigenvalue weighted by atomic mass is 16.3. The molecule has 0 radical (unpaired) electrons. The zero-order valence-corrected chi connectivity index (χ0v) is 10.0. The molecule has 5 nitrogen and oxygen atoms in total. The van der Waals surface area contributed by atoms with Gasteiger partial charge in [0.25, 0.3) is 0 Å². The van der Waals surface area contributed by atoms with Crippen LogP contribution < -0.4 is 5.32 Å². The summed E-state index contributed by atoms with van der Waals surface area (Å²) in [5.74, 6) is -0.0610. The van der Waals surface area contributed by atoms with Gasteiger partial charge in [-0.05, 0) is 26.8 Å². The van der Waals surface area contributed by atoms with Gasteiger partial charge in [0.15, 0.2) is 0 Å². The lowest BCUT2D eigenvalue weighted by atomic mass is 10.3. The molecule has 0 aliphatic rings. The van der Waals surface area contributed by atoms with Crippen LogP contribution in [0.25, 0.3) is 0 Å². The number of nitrogens with one attached hydrogen (secondary N) is 1. The number of rotatable bonds is 5. The molecular formula is C11H19N3O2. The van der Waals surface area contributed by atoms with E-state index in [-0.39, 0.29) is 18.6 Å². The molecule has 0 fully saturated rings. The number of carbonyl (C=O) groups is 1. The maximum Gasteiger partial charge on any atom is 0.222 e. The normalized spacial score (nSPS) is 12.5. The predicted molar refractivity (Wildman–Crippen MR) is 61.0 cm³/mol. The number of aliphatic hydroxyl groups is 1. The molecule has 0 unspecified atom stereocenters. The molecule has 1 aromatic rings. The molecule has 1 heterocycles. The van der Waals surface area contributed by atoms with E-state index in [0.717, 1.165) is 11.4 Å². The van der Waals surface area contributed by atoms with Gasteiger partial charge in [-0.25, -0.2) is 0 Å². The van der Waals surface area contributed by atoms with E-state index >= 15 is 0 Å². The van der Waals surface area contributed by atoms with E-state index < -0.39 is 0 Å². The molecule has 1 amide bonds. The molecule has 0 saturated carbocycles. The Labute approximate surface area is 95.5 Å². The third kappa shape index (κ3) is 3.66. The van der Waals surface area contributed by atoms with Crippen LogP contribution >= 0.6 is 0 Å². The van der Waals surface area contributed by atoms with E-state index in [9.17, 15) is 4.79 Å². The molecular weight excluding hydrogens is 206 g/mol. The van der Waals surface area contributed by atoms with Gasteiger partial charge >= 0.3 is 0 Å². The second-order valence-corrected chi connectivity index (χ2v) is 4.05. The zero-order valence-electron chi connectivity index (χ0n) is 10.0. The van der Waals surface area contributed by atoms with Crippen molar-refractivity contribution in [2.24, 2.45) is 0 Å². The summed E-state index contributed by atoms with van der Waals surface area (Å²) in [4.78, 5) is 11.4. The highest BCUT2D eigenvalue weighted by molar-refractivity contribution is 5.76. The number of aromatic nitrogens is 2.